The fourth-order valence-corrected chi connectivity index (χ4v) is 2.46. The smallest absolute Gasteiger partial charge is 0.0625 e. The largest absolute Gasteiger partial charge is 0.295 e. The molecule has 2 nitrogen and oxygen atoms in total. The van der Waals surface area contributed by atoms with E-state index in [4.69, 9.17) is 5.26 Å². The number of hydrogen-bond acceptors (Lipinski definition) is 2. The fourth-order valence-electron chi connectivity index (χ4n) is 2.46. The van der Waals surface area contributed by atoms with Crippen molar-refractivity contribution in [3.63, 3.8) is 0 Å². The molecule has 1 fully saturated rings. The second-order valence-electron chi connectivity index (χ2n) is 4.86. The summed E-state index contributed by atoms with van der Waals surface area (Å²) >= 11 is 0. The third-order valence-corrected chi connectivity index (χ3v) is 3.34. The van der Waals surface area contributed by atoms with Crippen LogP contribution in [0.25, 0.3) is 0 Å². The Hall–Kier alpha value is -1.59. The number of allylic oxidation sites excluding steroid dienone is 1. The summed E-state index contributed by atoms with van der Waals surface area (Å²) in [4.78, 5) is 2.50. The molecule has 0 aromatic heterocycles. The lowest BCUT2D eigenvalue weighted by Crippen LogP contribution is -2.30. The van der Waals surface area contributed by atoms with Crippen LogP contribution >= 0.6 is 0 Å². The Morgan fingerprint density at radius 2 is 2.11 bits per heavy atom. The molecule has 1 aliphatic rings. The van der Waals surface area contributed by atoms with Crippen LogP contribution in [0.15, 0.2) is 42.0 Å². The first-order valence-corrected chi connectivity index (χ1v) is 6.69. The summed E-state index contributed by atoms with van der Waals surface area (Å²) < 4.78 is 0. The van der Waals surface area contributed by atoms with Crippen LogP contribution in [0.1, 0.15) is 31.2 Å². The monoisotopic (exact) mass is 240 g/mol. The zero-order valence-corrected chi connectivity index (χ0v) is 10.8. The van der Waals surface area contributed by atoms with Crippen molar-refractivity contribution in [3.05, 3.63) is 47.5 Å². The summed E-state index contributed by atoms with van der Waals surface area (Å²) in [5.41, 5.74) is 2.89. The summed E-state index contributed by atoms with van der Waals surface area (Å²) in [7, 11) is 0. The van der Waals surface area contributed by atoms with Gasteiger partial charge in [0.2, 0.25) is 0 Å². The summed E-state index contributed by atoms with van der Waals surface area (Å²) in [6, 6.07) is 12.8. The maximum atomic E-state index is 8.55. The van der Waals surface area contributed by atoms with Crippen molar-refractivity contribution in [2.45, 2.75) is 32.2 Å². The Kier molecular flexibility index (Phi) is 4.99. The van der Waals surface area contributed by atoms with Gasteiger partial charge in [0.05, 0.1) is 6.07 Å². The van der Waals surface area contributed by atoms with Crippen molar-refractivity contribution in [3.8, 4) is 6.07 Å². The van der Waals surface area contributed by atoms with Crippen LogP contribution in [0.3, 0.4) is 0 Å². The van der Waals surface area contributed by atoms with Gasteiger partial charge in [-0.2, -0.15) is 5.26 Å². The molecule has 1 heterocycles. The molecule has 0 aliphatic carbocycles. The van der Waals surface area contributed by atoms with Crippen LogP contribution in [0.4, 0.5) is 0 Å². The number of nitrogens with zero attached hydrogens (tertiary/aromatic N) is 2. The van der Waals surface area contributed by atoms with Gasteiger partial charge in [0.15, 0.2) is 0 Å². The van der Waals surface area contributed by atoms with Gasteiger partial charge in [-0.3, -0.25) is 4.90 Å². The molecule has 94 valence electrons. The van der Waals surface area contributed by atoms with Gasteiger partial charge in [-0.1, -0.05) is 42.0 Å². The van der Waals surface area contributed by atoms with Crippen molar-refractivity contribution < 1.29 is 0 Å². The standard InChI is InChI=1S/C16H20N2/c17-11-5-4-9-16-10-6-12-18(14-16)13-15-7-2-1-3-8-15/h1-3,7-9H,4-6,10,12-14H2. The predicted octanol–water partition coefficient (Wildman–Crippen LogP) is 3.51. The summed E-state index contributed by atoms with van der Waals surface area (Å²) in [6.45, 7) is 3.29. The quantitative estimate of drug-likeness (QED) is 0.595. The Bertz CT molecular complexity index is 428. The van der Waals surface area contributed by atoms with Gasteiger partial charge >= 0.3 is 0 Å². The molecular weight excluding hydrogens is 220 g/mol. The van der Waals surface area contributed by atoms with E-state index in [2.05, 4.69) is 47.4 Å². The highest BCUT2D eigenvalue weighted by Crippen LogP contribution is 2.18. The maximum absolute atomic E-state index is 8.55. The molecule has 0 saturated carbocycles. The van der Waals surface area contributed by atoms with Gasteiger partial charge in [0, 0.05) is 19.5 Å². The number of benzene rings is 1. The van der Waals surface area contributed by atoms with Crippen molar-refractivity contribution in [2.24, 2.45) is 0 Å². The molecule has 1 aromatic carbocycles. The lowest BCUT2D eigenvalue weighted by Gasteiger charge is -2.28. The molecule has 2 rings (SSSR count). The van der Waals surface area contributed by atoms with Crippen molar-refractivity contribution in [2.75, 3.05) is 13.1 Å². The summed E-state index contributed by atoms with van der Waals surface area (Å²) in [6.07, 6.45) is 6.26. The normalized spacial score (nSPS) is 18.7. The minimum Gasteiger partial charge on any atom is -0.295 e. The third kappa shape index (κ3) is 4.01. The third-order valence-electron chi connectivity index (χ3n) is 3.34. The number of piperidine rings is 1. The molecule has 1 aliphatic heterocycles. The topological polar surface area (TPSA) is 27.0 Å². The van der Waals surface area contributed by atoms with Crippen LogP contribution in [0, 0.1) is 11.3 Å². The Labute approximate surface area is 110 Å². The average Bonchev–Trinajstić information content (AvgIpc) is 2.41. The second kappa shape index (κ2) is 6.98. The Morgan fingerprint density at radius 1 is 1.28 bits per heavy atom. The zero-order valence-electron chi connectivity index (χ0n) is 10.8. The molecule has 0 atom stereocenters. The van der Waals surface area contributed by atoms with Crippen molar-refractivity contribution in [1.82, 2.24) is 4.90 Å². The lowest BCUT2D eigenvalue weighted by molar-refractivity contribution is 0.257. The van der Waals surface area contributed by atoms with Crippen molar-refractivity contribution >= 4 is 0 Å². The molecule has 1 saturated heterocycles. The molecule has 0 amide bonds. The predicted molar refractivity (Wildman–Crippen MR) is 73.9 cm³/mol. The zero-order chi connectivity index (χ0) is 12.6. The van der Waals surface area contributed by atoms with Crippen molar-refractivity contribution in [1.29, 1.82) is 5.26 Å². The van der Waals surface area contributed by atoms with Crippen LogP contribution in [0.5, 0.6) is 0 Å². The molecule has 0 N–H and O–H groups in total. The van der Waals surface area contributed by atoms with Gasteiger partial charge in [-0.15, -0.1) is 0 Å². The van der Waals surface area contributed by atoms with Gasteiger partial charge in [0.1, 0.15) is 0 Å². The molecule has 2 heteroatoms. The number of hydrogen-bond donors (Lipinski definition) is 0. The Morgan fingerprint density at radius 3 is 2.89 bits per heavy atom. The van der Waals surface area contributed by atoms with E-state index in [1.165, 1.54) is 30.5 Å². The minimum absolute atomic E-state index is 0.641. The molecule has 0 spiro atoms. The second-order valence-corrected chi connectivity index (χ2v) is 4.86. The maximum Gasteiger partial charge on any atom is 0.0625 e. The minimum atomic E-state index is 0.641. The SMILES string of the molecule is N#CCCC=C1CCCN(Cc2ccccc2)C1. The highest BCUT2D eigenvalue weighted by atomic mass is 15.1. The summed E-state index contributed by atoms with van der Waals surface area (Å²) in [5, 5.41) is 8.55. The van der Waals surface area contributed by atoms with Gasteiger partial charge < -0.3 is 0 Å². The fraction of sp³-hybridized carbons (Fsp3) is 0.438. The van der Waals surface area contributed by atoms with E-state index in [9.17, 15) is 0 Å². The number of nitriles is 1. The van der Waals surface area contributed by atoms with Crippen LogP contribution in [0.2, 0.25) is 0 Å². The first kappa shape index (κ1) is 12.9. The molecule has 0 bridgehead atoms. The molecule has 0 radical (unpaired) electrons. The first-order chi connectivity index (χ1) is 8.88. The lowest BCUT2D eigenvalue weighted by atomic mass is 10.0. The number of likely N-dealkylation sites (tertiary alicyclic amines) is 1. The highest BCUT2D eigenvalue weighted by molar-refractivity contribution is 5.16. The molecule has 1 aromatic rings. The van der Waals surface area contributed by atoms with E-state index in [1.807, 2.05) is 0 Å². The van der Waals surface area contributed by atoms with E-state index < -0.39 is 0 Å². The van der Waals surface area contributed by atoms with E-state index >= 15 is 0 Å². The molecule has 0 unspecified atom stereocenters. The van der Waals surface area contributed by atoms with Gasteiger partial charge in [0.25, 0.3) is 0 Å². The Balaban J connectivity index is 1.87. The van der Waals surface area contributed by atoms with Gasteiger partial charge in [-0.25, -0.2) is 0 Å². The van der Waals surface area contributed by atoms with E-state index in [0.29, 0.717) is 6.42 Å². The number of rotatable bonds is 4. The average molecular weight is 240 g/mol. The summed E-state index contributed by atoms with van der Waals surface area (Å²) in [5.74, 6) is 0. The molecule has 18 heavy (non-hydrogen) atoms. The van der Waals surface area contributed by atoms with E-state index in [-0.39, 0.29) is 0 Å². The van der Waals surface area contributed by atoms with Gasteiger partial charge in [-0.05, 0) is 31.4 Å². The van der Waals surface area contributed by atoms with E-state index in [1.54, 1.807) is 0 Å². The van der Waals surface area contributed by atoms with Crippen LogP contribution < -0.4 is 0 Å². The van der Waals surface area contributed by atoms with Crippen LogP contribution in [-0.2, 0) is 6.54 Å². The first-order valence-electron chi connectivity index (χ1n) is 6.69. The molecular formula is C16H20N2. The highest BCUT2D eigenvalue weighted by Gasteiger charge is 2.13. The van der Waals surface area contributed by atoms with Crippen LogP contribution in [-0.4, -0.2) is 18.0 Å². The van der Waals surface area contributed by atoms with E-state index in [0.717, 1.165) is 19.5 Å². The number of unbranched alkanes of at least 4 members (excludes halogenated alkanes) is 1.